The maximum atomic E-state index is 11.5. The molecule has 0 aliphatic rings. The summed E-state index contributed by atoms with van der Waals surface area (Å²) in [7, 11) is 0. The molecule has 0 radical (unpaired) electrons. The molecule has 19 heavy (non-hydrogen) atoms. The monoisotopic (exact) mass is 258 g/mol. The van der Waals surface area contributed by atoms with Gasteiger partial charge < -0.3 is 15.6 Å². The van der Waals surface area contributed by atoms with Crippen LogP contribution < -0.4 is 10.5 Å². The molecular formula is C14H14N2O3. The zero-order valence-corrected chi connectivity index (χ0v) is 10.7. The molecule has 0 aliphatic heterocycles. The van der Waals surface area contributed by atoms with Crippen LogP contribution in [0.15, 0.2) is 30.3 Å². The Morgan fingerprint density at radius 3 is 2.68 bits per heavy atom. The normalized spacial score (nSPS) is 10.2. The number of carbonyl (C=O) groups excluding carboxylic acids is 1. The molecule has 0 saturated heterocycles. The minimum absolute atomic E-state index is 0.0718. The van der Waals surface area contributed by atoms with Crippen LogP contribution in [0.1, 0.15) is 21.6 Å². The first kappa shape index (κ1) is 12.9. The van der Waals surface area contributed by atoms with E-state index in [2.05, 4.69) is 4.98 Å². The number of nitrogens with two attached hydrogens (primary N) is 1. The van der Waals surface area contributed by atoms with Crippen LogP contribution in [0.5, 0.6) is 17.4 Å². The molecule has 0 bridgehead atoms. The van der Waals surface area contributed by atoms with E-state index in [1.165, 1.54) is 12.1 Å². The first-order valence-electron chi connectivity index (χ1n) is 5.72. The van der Waals surface area contributed by atoms with Crippen molar-refractivity contribution in [3.63, 3.8) is 0 Å². The van der Waals surface area contributed by atoms with Crippen molar-refractivity contribution < 1.29 is 14.6 Å². The van der Waals surface area contributed by atoms with E-state index < -0.39 is 5.91 Å². The topological polar surface area (TPSA) is 85.4 Å². The van der Waals surface area contributed by atoms with Gasteiger partial charge in [-0.1, -0.05) is 6.07 Å². The van der Waals surface area contributed by atoms with E-state index >= 15 is 0 Å². The Balaban J connectivity index is 2.47. The number of aryl methyl sites for hydroxylation is 2. The second kappa shape index (κ2) is 4.97. The van der Waals surface area contributed by atoms with Gasteiger partial charge in [0.2, 0.25) is 5.88 Å². The zero-order valence-electron chi connectivity index (χ0n) is 10.7. The summed E-state index contributed by atoms with van der Waals surface area (Å²) in [6.45, 7) is 3.57. The summed E-state index contributed by atoms with van der Waals surface area (Å²) in [5, 5.41) is 9.39. The standard InChI is InChI=1S/C14H14N2O3/c1-8-6-9(2)16-14(12(8)13(15)18)19-11-5-3-4-10(17)7-11/h3-7,17H,1-2H3,(H2,15,18). The molecule has 0 unspecified atom stereocenters. The van der Waals surface area contributed by atoms with Crippen molar-refractivity contribution in [2.75, 3.05) is 0 Å². The molecule has 0 fully saturated rings. The van der Waals surface area contributed by atoms with Gasteiger partial charge in [-0.3, -0.25) is 4.79 Å². The molecule has 5 nitrogen and oxygen atoms in total. The highest BCUT2D eigenvalue weighted by Gasteiger charge is 2.16. The van der Waals surface area contributed by atoms with Crippen molar-refractivity contribution in [3.05, 3.63) is 47.2 Å². The predicted molar refractivity (Wildman–Crippen MR) is 70.4 cm³/mol. The van der Waals surface area contributed by atoms with Gasteiger partial charge in [-0.25, -0.2) is 4.98 Å². The minimum atomic E-state index is -0.597. The molecular weight excluding hydrogens is 244 g/mol. The fourth-order valence-corrected chi connectivity index (χ4v) is 1.83. The molecule has 2 rings (SSSR count). The number of phenolic OH excluding ortho intramolecular Hbond substituents is 1. The third kappa shape index (κ3) is 2.82. The Labute approximate surface area is 110 Å². The van der Waals surface area contributed by atoms with E-state index in [-0.39, 0.29) is 17.2 Å². The van der Waals surface area contributed by atoms with E-state index in [9.17, 15) is 9.90 Å². The quantitative estimate of drug-likeness (QED) is 0.884. The number of primary amides is 1. The Bertz CT molecular complexity index is 639. The number of benzene rings is 1. The predicted octanol–water partition coefficient (Wildman–Crippen LogP) is 2.30. The molecule has 0 saturated carbocycles. The summed E-state index contributed by atoms with van der Waals surface area (Å²) in [5.41, 5.74) is 7.01. The summed E-state index contributed by atoms with van der Waals surface area (Å²) in [6, 6.07) is 8.01. The molecule has 0 aliphatic carbocycles. The average Bonchev–Trinajstić information content (AvgIpc) is 2.26. The molecule has 98 valence electrons. The third-order valence-electron chi connectivity index (χ3n) is 2.59. The third-order valence-corrected chi connectivity index (χ3v) is 2.59. The van der Waals surface area contributed by atoms with Gasteiger partial charge in [0.05, 0.1) is 0 Å². The Morgan fingerprint density at radius 1 is 1.32 bits per heavy atom. The van der Waals surface area contributed by atoms with Crippen LogP contribution in [0.4, 0.5) is 0 Å². The SMILES string of the molecule is Cc1cc(C)c(C(N)=O)c(Oc2cccc(O)c2)n1. The molecule has 1 heterocycles. The molecule has 1 aromatic heterocycles. The number of pyridine rings is 1. The van der Waals surface area contributed by atoms with E-state index in [4.69, 9.17) is 10.5 Å². The number of rotatable bonds is 3. The Morgan fingerprint density at radius 2 is 2.05 bits per heavy atom. The van der Waals surface area contributed by atoms with Crippen molar-refractivity contribution in [1.29, 1.82) is 0 Å². The highest BCUT2D eigenvalue weighted by molar-refractivity contribution is 5.96. The fraction of sp³-hybridized carbons (Fsp3) is 0.143. The maximum absolute atomic E-state index is 11.5. The molecule has 5 heteroatoms. The van der Waals surface area contributed by atoms with Crippen molar-refractivity contribution in [2.45, 2.75) is 13.8 Å². The van der Waals surface area contributed by atoms with Crippen molar-refractivity contribution >= 4 is 5.91 Å². The molecule has 1 amide bonds. The number of hydrogen-bond donors (Lipinski definition) is 2. The number of aromatic nitrogens is 1. The van der Waals surface area contributed by atoms with E-state index in [0.29, 0.717) is 11.3 Å². The second-order valence-electron chi connectivity index (χ2n) is 4.22. The number of carbonyl (C=O) groups is 1. The van der Waals surface area contributed by atoms with E-state index in [1.54, 1.807) is 32.0 Å². The van der Waals surface area contributed by atoms with E-state index in [1.807, 2.05) is 0 Å². The average molecular weight is 258 g/mol. The number of hydrogen-bond acceptors (Lipinski definition) is 4. The van der Waals surface area contributed by atoms with Gasteiger partial charge >= 0.3 is 0 Å². The van der Waals surface area contributed by atoms with Gasteiger partial charge in [0.1, 0.15) is 17.1 Å². The highest BCUT2D eigenvalue weighted by atomic mass is 16.5. The Kier molecular flexibility index (Phi) is 3.37. The van der Waals surface area contributed by atoms with Crippen LogP contribution in [0.25, 0.3) is 0 Å². The number of phenols is 1. The number of ether oxygens (including phenoxy) is 1. The van der Waals surface area contributed by atoms with Crippen LogP contribution >= 0.6 is 0 Å². The van der Waals surface area contributed by atoms with Crippen molar-refractivity contribution in [3.8, 4) is 17.4 Å². The molecule has 1 aromatic carbocycles. The first-order chi connectivity index (χ1) is 8.97. The van der Waals surface area contributed by atoms with Gasteiger partial charge in [-0.2, -0.15) is 0 Å². The van der Waals surface area contributed by atoms with Crippen LogP contribution in [-0.4, -0.2) is 16.0 Å². The molecule has 0 spiro atoms. The lowest BCUT2D eigenvalue weighted by Crippen LogP contribution is -2.15. The summed E-state index contributed by atoms with van der Waals surface area (Å²) in [4.78, 5) is 15.6. The minimum Gasteiger partial charge on any atom is -0.508 e. The number of aromatic hydroxyl groups is 1. The van der Waals surface area contributed by atoms with Gasteiger partial charge in [-0.15, -0.1) is 0 Å². The van der Waals surface area contributed by atoms with Crippen LogP contribution in [-0.2, 0) is 0 Å². The molecule has 3 N–H and O–H groups in total. The number of amides is 1. The maximum Gasteiger partial charge on any atom is 0.254 e. The second-order valence-corrected chi connectivity index (χ2v) is 4.22. The van der Waals surface area contributed by atoms with Crippen molar-refractivity contribution in [1.82, 2.24) is 4.98 Å². The summed E-state index contributed by atoms with van der Waals surface area (Å²) in [6.07, 6.45) is 0. The van der Waals surface area contributed by atoms with E-state index in [0.717, 1.165) is 5.69 Å². The zero-order chi connectivity index (χ0) is 14.0. The molecule has 0 atom stereocenters. The lowest BCUT2D eigenvalue weighted by molar-refractivity contribution is 0.0997. The first-order valence-corrected chi connectivity index (χ1v) is 5.72. The van der Waals surface area contributed by atoms with Crippen LogP contribution in [0.3, 0.4) is 0 Å². The highest BCUT2D eigenvalue weighted by Crippen LogP contribution is 2.27. The summed E-state index contributed by atoms with van der Waals surface area (Å²) < 4.78 is 5.54. The molecule has 2 aromatic rings. The van der Waals surface area contributed by atoms with Crippen LogP contribution in [0, 0.1) is 13.8 Å². The number of nitrogens with zero attached hydrogens (tertiary/aromatic N) is 1. The van der Waals surface area contributed by atoms with Crippen molar-refractivity contribution in [2.24, 2.45) is 5.73 Å². The van der Waals surface area contributed by atoms with Crippen LogP contribution in [0.2, 0.25) is 0 Å². The largest absolute Gasteiger partial charge is 0.508 e. The van der Waals surface area contributed by atoms with Gasteiger partial charge in [0.25, 0.3) is 5.91 Å². The van der Waals surface area contributed by atoms with Gasteiger partial charge in [-0.05, 0) is 37.6 Å². The van der Waals surface area contributed by atoms with Gasteiger partial charge in [0, 0.05) is 11.8 Å². The lowest BCUT2D eigenvalue weighted by Gasteiger charge is -2.11. The lowest BCUT2D eigenvalue weighted by atomic mass is 10.1. The summed E-state index contributed by atoms with van der Waals surface area (Å²) >= 11 is 0. The Hall–Kier alpha value is -2.56. The fourth-order valence-electron chi connectivity index (χ4n) is 1.83. The summed E-state index contributed by atoms with van der Waals surface area (Å²) in [5.74, 6) is 0.0123. The smallest absolute Gasteiger partial charge is 0.254 e. The van der Waals surface area contributed by atoms with Gasteiger partial charge in [0.15, 0.2) is 0 Å².